The number of aromatic nitrogens is 3. The summed E-state index contributed by atoms with van der Waals surface area (Å²) in [6, 6.07) is 2.82. The first-order chi connectivity index (χ1) is 8.06. The quantitative estimate of drug-likeness (QED) is 0.581. The van der Waals surface area contributed by atoms with E-state index in [2.05, 4.69) is 10.1 Å². The molecule has 2 heterocycles. The lowest BCUT2D eigenvalue weighted by Crippen LogP contribution is -2.14. The van der Waals surface area contributed by atoms with Crippen LogP contribution in [0.3, 0.4) is 0 Å². The van der Waals surface area contributed by atoms with Gasteiger partial charge in [0.25, 0.3) is 5.56 Å². The van der Waals surface area contributed by atoms with Crippen molar-refractivity contribution in [1.29, 1.82) is 0 Å². The Bertz CT molecular complexity index is 806. The predicted molar refractivity (Wildman–Crippen MR) is 62.7 cm³/mol. The molecule has 3 aromatic rings. The van der Waals surface area contributed by atoms with Gasteiger partial charge in [0, 0.05) is 12.1 Å². The molecule has 7 heteroatoms. The highest BCUT2D eigenvalue weighted by Gasteiger charge is 2.11. The van der Waals surface area contributed by atoms with E-state index in [1.807, 2.05) is 0 Å². The molecule has 0 atom stereocenters. The van der Waals surface area contributed by atoms with Crippen LogP contribution in [0.5, 0.6) is 11.5 Å². The molecule has 1 aromatic carbocycles. The van der Waals surface area contributed by atoms with Gasteiger partial charge in [-0.1, -0.05) is 11.3 Å². The summed E-state index contributed by atoms with van der Waals surface area (Å²) in [5, 5.41) is 22.9. The summed E-state index contributed by atoms with van der Waals surface area (Å²) >= 11 is 1.23. The van der Waals surface area contributed by atoms with Crippen molar-refractivity contribution in [2.75, 3.05) is 0 Å². The van der Waals surface area contributed by atoms with Crippen molar-refractivity contribution >= 4 is 26.5 Å². The Morgan fingerprint density at radius 1 is 1.29 bits per heavy atom. The van der Waals surface area contributed by atoms with Crippen molar-refractivity contribution in [1.82, 2.24) is 14.6 Å². The zero-order valence-electron chi connectivity index (χ0n) is 8.71. The SMILES string of the molecule is Cc1nn2c(nc1=O)sc1cc(O)c(O)cc12. The van der Waals surface area contributed by atoms with E-state index in [1.165, 1.54) is 28.0 Å². The van der Waals surface area contributed by atoms with Gasteiger partial charge < -0.3 is 10.2 Å². The maximum atomic E-state index is 11.4. The van der Waals surface area contributed by atoms with Gasteiger partial charge in [-0.3, -0.25) is 4.79 Å². The van der Waals surface area contributed by atoms with Crippen molar-refractivity contribution in [3.63, 3.8) is 0 Å². The van der Waals surface area contributed by atoms with Gasteiger partial charge in [-0.15, -0.1) is 0 Å². The molecule has 0 spiro atoms. The molecule has 6 nitrogen and oxygen atoms in total. The second kappa shape index (κ2) is 3.17. The van der Waals surface area contributed by atoms with E-state index in [0.717, 1.165) is 0 Å². The number of aromatic hydroxyl groups is 2. The summed E-state index contributed by atoms with van der Waals surface area (Å²) in [7, 11) is 0. The number of phenolic OH excluding ortho intramolecular Hbond substituents is 2. The van der Waals surface area contributed by atoms with E-state index in [4.69, 9.17) is 0 Å². The van der Waals surface area contributed by atoms with E-state index in [9.17, 15) is 15.0 Å². The smallest absolute Gasteiger partial charge is 0.295 e. The lowest BCUT2D eigenvalue weighted by Gasteiger charge is -1.98. The number of hydrogen-bond donors (Lipinski definition) is 2. The van der Waals surface area contributed by atoms with Crippen LogP contribution in [-0.4, -0.2) is 24.8 Å². The fraction of sp³-hybridized carbons (Fsp3) is 0.100. The topological polar surface area (TPSA) is 87.7 Å². The molecule has 0 aliphatic rings. The number of nitrogens with zero attached hydrogens (tertiary/aromatic N) is 3. The van der Waals surface area contributed by atoms with Crippen molar-refractivity contribution in [2.24, 2.45) is 0 Å². The standard InChI is InChI=1S/C10H7N3O3S/c1-4-9(16)11-10-13(12-4)5-2-6(14)7(15)3-8(5)17-10/h2-3,14-15H,1H3. The molecule has 0 aliphatic heterocycles. The number of hydrogen-bond acceptors (Lipinski definition) is 6. The first-order valence-electron chi connectivity index (χ1n) is 4.78. The first-order valence-corrected chi connectivity index (χ1v) is 5.60. The highest BCUT2D eigenvalue weighted by atomic mass is 32.1. The summed E-state index contributed by atoms with van der Waals surface area (Å²) in [6.45, 7) is 1.57. The Hall–Kier alpha value is -2.15. The van der Waals surface area contributed by atoms with Gasteiger partial charge in [0.1, 0.15) is 5.69 Å². The fourth-order valence-electron chi connectivity index (χ4n) is 1.57. The molecule has 0 radical (unpaired) electrons. The van der Waals surface area contributed by atoms with Crippen LogP contribution in [0.25, 0.3) is 15.2 Å². The molecule has 0 saturated heterocycles. The summed E-state index contributed by atoms with van der Waals surface area (Å²) in [6.07, 6.45) is 0. The third-order valence-electron chi connectivity index (χ3n) is 2.42. The Balaban J connectivity index is 2.55. The van der Waals surface area contributed by atoms with Crippen LogP contribution in [0.1, 0.15) is 5.69 Å². The summed E-state index contributed by atoms with van der Waals surface area (Å²) in [4.78, 5) is 15.7. The molecule has 0 aliphatic carbocycles. The number of thiazole rings is 1. The largest absolute Gasteiger partial charge is 0.504 e. The van der Waals surface area contributed by atoms with E-state index >= 15 is 0 Å². The monoisotopic (exact) mass is 249 g/mol. The van der Waals surface area contributed by atoms with Gasteiger partial charge in [-0.2, -0.15) is 10.1 Å². The molecule has 2 N–H and O–H groups in total. The van der Waals surface area contributed by atoms with Gasteiger partial charge in [-0.05, 0) is 6.92 Å². The molecule has 0 saturated carbocycles. The second-order valence-electron chi connectivity index (χ2n) is 3.61. The minimum absolute atomic E-state index is 0.205. The van der Waals surface area contributed by atoms with Crippen molar-refractivity contribution in [2.45, 2.75) is 6.92 Å². The normalized spacial score (nSPS) is 11.4. The summed E-state index contributed by atoms with van der Waals surface area (Å²) < 4.78 is 2.18. The molecule has 86 valence electrons. The molecule has 0 fully saturated rings. The lowest BCUT2D eigenvalue weighted by atomic mass is 10.3. The average Bonchev–Trinajstić information content (AvgIpc) is 2.58. The molecule has 3 rings (SSSR count). The van der Waals surface area contributed by atoms with Crippen molar-refractivity contribution < 1.29 is 10.2 Å². The predicted octanol–water partition coefficient (Wildman–Crippen LogP) is 1.02. The van der Waals surface area contributed by atoms with Crippen LogP contribution >= 0.6 is 11.3 Å². The minimum Gasteiger partial charge on any atom is -0.504 e. The van der Waals surface area contributed by atoms with Crippen LogP contribution in [0.15, 0.2) is 16.9 Å². The van der Waals surface area contributed by atoms with E-state index in [1.54, 1.807) is 6.92 Å². The number of rotatable bonds is 0. The molecule has 0 unspecified atom stereocenters. The Kier molecular flexibility index (Phi) is 1.87. The summed E-state index contributed by atoms with van der Waals surface area (Å²) in [5.41, 5.74) is 0.524. The molecular weight excluding hydrogens is 242 g/mol. The van der Waals surface area contributed by atoms with Crippen LogP contribution in [0.4, 0.5) is 0 Å². The number of aryl methyl sites for hydroxylation is 1. The highest BCUT2D eigenvalue weighted by Crippen LogP contribution is 2.33. The average molecular weight is 249 g/mol. The van der Waals surface area contributed by atoms with Crippen LogP contribution < -0.4 is 5.56 Å². The van der Waals surface area contributed by atoms with E-state index < -0.39 is 0 Å². The molecule has 17 heavy (non-hydrogen) atoms. The summed E-state index contributed by atoms with van der Waals surface area (Å²) in [5.74, 6) is -0.431. The van der Waals surface area contributed by atoms with Crippen molar-refractivity contribution in [3.8, 4) is 11.5 Å². The molecule has 0 amide bonds. The zero-order chi connectivity index (χ0) is 12.2. The van der Waals surface area contributed by atoms with Gasteiger partial charge in [-0.25, -0.2) is 4.52 Å². The molecule has 0 bridgehead atoms. The fourth-order valence-corrected chi connectivity index (χ4v) is 2.54. The Labute approximate surface area is 98.4 Å². The van der Waals surface area contributed by atoms with Gasteiger partial charge in [0.2, 0.25) is 4.96 Å². The van der Waals surface area contributed by atoms with Crippen LogP contribution in [0.2, 0.25) is 0 Å². The third kappa shape index (κ3) is 1.36. The van der Waals surface area contributed by atoms with Crippen molar-refractivity contribution in [3.05, 3.63) is 28.2 Å². The maximum Gasteiger partial charge on any atom is 0.295 e. The van der Waals surface area contributed by atoms with E-state index in [-0.39, 0.29) is 22.8 Å². The second-order valence-corrected chi connectivity index (χ2v) is 4.62. The van der Waals surface area contributed by atoms with E-state index in [0.29, 0.717) is 15.2 Å². The van der Waals surface area contributed by atoms with Gasteiger partial charge in [0.05, 0.1) is 10.2 Å². The first kappa shape index (κ1) is 10.0. The van der Waals surface area contributed by atoms with Crippen LogP contribution in [-0.2, 0) is 0 Å². The Morgan fingerprint density at radius 3 is 2.76 bits per heavy atom. The highest BCUT2D eigenvalue weighted by molar-refractivity contribution is 7.23. The van der Waals surface area contributed by atoms with Gasteiger partial charge >= 0.3 is 0 Å². The molecular formula is C10H7N3O3S. The number of benzene rings is 1. The van der Waals surface area contributed by atoms with Crippen LogP contribution in [0, 0.1) is 6.92 Å². The zero-order valence-corrected chi connectivity index (χ0v) is 9.52. The molecule has 2 aromatic heterocycles. The number of phenols is 2. The number of fused-ring (bicyclic) bond motifs is 3. The maximum absolute atomic E-state index is 11.4. The minimum atomic E-state index is -0.370. The lowest BCUT2D eigenvalue weighted by molar-refractivity contribution is 0.405. The third-order valence-corrected chi connectivity index (χ3v) is 3.42. The Morgan fingerprint density at radius 2 is 2.00 bits per heavy atom. The van der Waals surface area contributed by atoms with Gasteiger partial charge in [0.15, 0.2) is 11.5 Å².